The average Bonchev–Trinajstić information content (AvgIpc) is 3.40. The molecule has 0 saturated heterocycles. The van der Waals surface area contributed by atoms with Crippen LogP contribution in [0.3, 0.4) is 0 Å². The second-order valence-electron chi connectivity index (χ2n) is 7.96. The van der Waals surface area contributed by atoms with Crippen LogP contribution >= 0.6 is 11.3 Å². The molecule has 0 amide bonds. The van der Waals surface area contributed by atoms with Gasteiger partial charge in [0.05, 0.1) is 41.3 Å². The van der Waals surface area contributed by atoms with Crippen LogP contribution in [0.5, 0.6) is 11.5 Å². The number of nitrogens with zero attached hydrogens (tertiary/aromatic N) is 4. The molecule has 176 valence electrons. The quantitative estimate of drug-likeness (QED) is 0.305. The van der Waals surface area contributed by atoms with Crippen molar-refractivity contribution >= 4 is 26.7 Å². The zero-order chi connectivity index (χ0) is 22.5. The van der Waals surface area contributed by atoms with Gasteiger partial charge in [-0.3, -0.25) is 9.67 Å². The van der Waals surface area contributed by atoms with Gasteiger partial charge in [-0.1, -0.05) is 32.6 Å². The Bertz CT molecular complexity index is 1180. The van der Waals surface area contributed by atoms with Gasteiger partial charge in [-0.15, -0.1) is 0 Å². The highest BCUT2D eigenvalue weighted by molar-refractivity contribution is 7.22. The van der Waals surface area contributed by atoms with Crippen LogP contribution in [0.15, 0.2) is 48.9 Å². The van der Waals surface area contributed by atoms with E-state index >= 15 is 0 Å². The number of aromatic nitrogens is 4. The van der Waals surface area contributed by atoms with Gasteiger partial charge in [-0.25, -0.2) is 9.37 Å². The average molecular weight is 472 g/mol. The molecule has 9 heteroatoms. The number of halogens is 1. The second-order valence-corrected chi connectivity index (χ2v) is 8.99. The largest absolute Gasteiger partial charge is 0.457 e. The van der Waals surface area contributed by atoms with Crippen molar-refractivity contribution in [2.75, 3.05) is 18.6 Å². The summed E-state index contributed by atoms with van der Waals surface area (Å²) in [6.45, 7) is 4.09. The molecular weight excluding hydrogens is 441 g/mol. The molecule has 0 aliphatic carbocycles. The van der Waals surface area contributed by atoms with Crippen LogP contribution < -0.4 is 10.1 Å². The summed E-state index contributed by atoms with van der Waals surface area (Å²) in [5.74, 6) is 1.82. The SMILES string of the molecule is C.CC(C)C[C@H](CO)Nc1nc2ccc(Oc3ccnc(-c4cnn(CCF)c4)c3)cc2s1. The fourth-order valence-corrected chi connectivity index (χ4v) is 4.40. The van der Waals surface area contributed by atoms with Gasteiger partial charge < -0.3 is 15.2 Å². The zero-order valence-corrected chi connectivity index (χ0v) is 18.8. The number of alkyl halides is 1. The number of aliphatic hydroxyl groups is 1. The summed E-state index contributed by atoms with van der Waals surface area (Å²) in [6.07, 6.45) is 5.98. The van der Waals surface area contributed by atoms with E-state index in [1.165, 1.54) is 11.3 Å². The van der Waals surface area contributed by atoms with Gasteiger partial charge in [0.15, 0.2) is 5.13 Å². The zero-order valence-electron chi connectivity index (χ0n) is 18.0. The summed E-state index contributed by atoms with van der Waals surface area (Å²) in [7, 11) is 0. The smallest absolute Gasteiger partial charge is 0.184 e. The van der Waals surface area contributed by atoms with Gasteiger partial charge in [-0.05, 0) is 30.5 Å². The van der Waals surface area contributed by atoms with E-state index in [0.29, 0.717) is 23.1 Å². The number of ether oxygens (including phenoxy) is 1. The normalized spacial score (nSPS) is 12.0. The molecule has 0 spiro atoms. The third-order valence-electron chi connectivity index (χ3n) is 4.87. The summed E-state index contributed by atoms with van der Waals surface area (Å²) in [4.78, 5) is 8.99. The number of aliphatic hydroxyl groups excluding tert-OH is 1. The molecule has 0 unspecified atom stereocenters. The number of rotatable bonds is 10. The summed E-state index contributed by atoms with van der Waals surface area (Å²) >= 11 is 1.53. The minimum atomic E-state index is -0.465. The summed E-state index contributed by atoms with van der Waals surface area (Å²) in [6, 6.07) is 9.36. The molecular formula is C24H30FN5O2S. The molecule has 1 atom stereocenters. The first-order valence-corrected chi connectivity index (χ1v) is 11.4. The highest BCUT2D eigenvalue weighted by Gasteiger charge is 2.13. The van der Waals surface area contributed by atoms with E-state index in [1.54, 1.807) is 29.3 Å². The van der Waals surface area contributed by atoms with Gasteiger partial charge in [-0.2, -0.15) is 5.10 Å². The van der Waals surface area contributed by atoms with Gasteiger partial charge in [0.2, 0.25) is 0 Å². The number of fused-ring (bicyclic) bond motifs is 1. The molecule has 0 fully saturated rings. The third kappa shape index (κ3) is 6.27. The summed E-state index contributed by atoms with van der Waals surface area (Å²) in [5.41, 5.74) is 2.39. The van der Waals surface area contributed by atoms with Crippen molar-refractivity contribution in [2.45, 2.75) is 40.3 Å². The van der Waals surface area contributed by atoms with E-state index in [-0.39, 0.29) is 26.6 Å². The van der Waals surface area contributed by atoms with E-state index in [4.69, 9.17) is 4.74 Å². The molecule has 0 bridgehead atoms. The van der Waals surface area contributed by atoms with Crippen molar-refractivity contribution in [1.82, 2.24) is 19.7 Å². The molecule has 4 aromatic rings. The van der Waals surface area contributed by atoms with E-state index < -0.39 is 6.67 Å². The lowest BCUT2D eigenvalue weighted by molar-refractivity contribution is 0.259. The number of thiazole rings is 1. The molecule has 0 saturated carbocycles. The Labute approximate surface area is 197 Å². The van der Waals surface area contributed by atoms with Crippen molar-refractivity contribution in [3.05, 3.63) is 48.9 Å². The fraction of sp³-hybridized carbons (Fsp3) is 0.375. The standard InChI is InChI=1S/C23H26FN5O2S.CH4/c1-15(2)9-17(14-30)27-23-28-20-4-3-18(11-22(20)32-23)31-19-5-7-25-21(10-19)16-12-26-29(13-16)8-6-24;/h3-5,7,10-13,15,17,30H,6,8-9,14H2,1-2H3,(H,27,28);1H4/t17-;/m1./s1. The Morgan fingerprint density at radius 2 is 2.03 bits per heavy atom. The maximum absolute atomic E-state index is 12.5. The topological polar surface area (TPSA) is 85.1 Å². The molecule has 33 heavy (non-hydrogen) atoms. The molecule has 7 nitrogen and oxygen atoms in total. The predicted molar refractivity (Wildman–Crippen MR) is 132 cm³/mol. The highest BCUT2D eigenvalue weighted by Crippen LogP contribution is 2.32. The summed E-state index contributed by atoms with van der Waals surface area (Å²) in [5, 5.41) is 17.9. The lowest BCUT2D eigenvalue weighted by Gasteiger charge is -2.17. The number of nitrogens with one attached hydrogen (secondary N) is 1. The lowest BCUT2D eigenvalue weighted by Crippen LogP contribution is -2.25. The predicted octanol–water partition coefficient (Wildman–Crippen LogP) is 5.77. The van der Waals surface area contributed by atoms with Crippen LogP contribution in [0.4, 0.5) is 9.52 Å². The summed E-state index contributed by atoms with van der Waals surface area (Å²) < 4.78 is 21.1. The second kappa shape index (κ2) is 11.2. The Morgan fingerprint density at radius 1 is 1.21 bits per heavy atom. The van der Waals surface area contributed by atoms with Crippen molar-refractivity contribution in [3.63, 3.8) is 0 Å². The van der Waals surface area contributed by atoms with Gasteiger partial charge >= 0.3 is 0 Å². The van der Waals surface area contributed by atoms with E-state index in [2.05, 4.69) is 34.2 Å². The molecule has 2 N–H and O–H groups in total. The molecule has 0 aliphatic heterocycles. The number of pyridine rings is 1. The van der Waals surface area contributed by atoms with Gasteiger partial charge in [0.1, 0.15) is 18.2 Å². The van der Waals surface area contributed by atoms with Crippen LogP contribution in [0.2, 0.25) is 0 Å². The maximum atomic E-state index is 12.5. The number of anilines is 1. The number of benzene rings is 1. The molecule has 3 heterocycles. The van der Waals surface area contributed by atoms with Gasteiger partial charge in [0, 0.05) is 30.1 Å². The van der Waals surface area contributed by atoms with Crippen molar-refractivity contribution in [2.24, 2.45) is 5.92 Å². The minimum absolute atomic E-state index is 0. The molecule has 0 aliphatic rings. The third-order valence-corrected chi connectivity index (χ3v) is 5.82. The van der Waals surface area contributed by atoms with Crippen LogP contribution in [-0.4, -0.2) is 44.2 Å². The molecule has 1 aromatic carbocycles. The van der Waals surface area contributed by atoms with Crippen LogP contribution in [-0.2, 0) is 6.54 Å². The molecule has 4 rings (SSSR count). The Kier molecular flexibility index (Phi) is 8.35. The van der Waals surface area contributed by atoms with E-state index in [1.807, 2.05) is 24.3 Å². The monoisotopic (exact) mass is 471 g/mol. The van der Waals surface area contributed by atoms with E-state index in [0.717, 1.165) is 27.3 Å². The number of aryl methyl sites for hydroxylation is 1. The van der Waals surface area contributed by atoms with Crippen molar-refractivity contribution < 1.29 is 14.2 Å². The van der Waals surface area contributed by atoms with Gasteiger partial charge in [0.25, 0.3) is 0 Å². The number of hydrogen-bond donors (Lipinski definition) is 2. The van der Waals surface area contributed by atoms with Crippen molar-refractivity contribution in [3.8, 4) is 22.8 Å². The van der Waals surface area contributed by atoms with Crippen LogP contribution in [0.25, 0.3) is 21.5 Å². The Morgan fingerprint density at radius 3 is 2.79 bits per heavy atom. The Balaban J connectivity index is 0.00000306. The first-order chi connectivity index (χ1) is 15.5. The highest BCUT2D eigenvalue weighted by atomic mass is 32.1. The molecule has 0 radical (unpaired) electrons. The maximum Gasteiger partial charge on any atom is 0.184 e. The number of hydrogen-bond acceptors (Lipinski definition) is 7. The molecule has 3 aromatic heterocycles. The first kappa shape index (κ1) is 24.6. The fourth-order valence-electron chi connectivity index (χ4n) is 3.43. The lowest BCUT2D eigenvalue weighted by atomic mass is 10.0. The van der Waals surface area contributed by atoms with Crippen LogP contribution in [0, 0.1) is 5.92 Å². The van der Waals surface area contributed by atoms with E-state index in [9.17, 15) is 9.50 Å². The minimum Gasteiger partial charge on any atom is -0.457 e. The van der Waals surface area contributed by atoms with Crippen molar-refractivity contribution in [1.29, 1.82) is 0 Å². The first-order valence-electron chi connectivity index (χ1n) is 10.5. The Hall–Kier alpha value is -3.04. The van der Waals surface area contributed by atoms with Crippen LogP contribution in [0.1, 0.15) is 27.7 Å².